The Labute approximate surface area is 128 Å². The van der Waals surface area contributed by atoms with Gasteiger partial charge in [0.15, 0.2) is 0 Å². The molecule has 0 saturated heterocycles. The monoisotopic (exact) mass is 293 g/mol. The highest BCUT2D eigenvalue weighted by molar-refractivity contribution is 5.97. The maximum atomic E-state index is 11.9. The third-order valence-corrected chi connectivity index (χ3v) is 3.50. The van der Waals surface area contributed by atoms with Gasteiger partial charge >= 0.3 is 5.97 Å². The molecule has 0 unspecified atom stereocenters. The van der Waals surface area contributed by atoms with E-state index in [1.54, 1.807) is 6.92 Å². The number of methoxy groups -OCH3 is 1. The Hall–Kier alpha value is -2.88. The van der Waals surface area contributed by atoms with Crippen LogP contribution >= 0.6 is 0 Å². The highest BCUT2D eigenvalue weighted by Gasteiger charge is 2.22. The largest absolute Gasteiger partial charge is 0.465 e. The standard InChI is InChI=1S/C18H15NO3/c1-12-16(18(20)21-2)17(19-22-12)15-10-6-9-14(11-15)13-7-4-3-5-8-13/h3-11H,1-2H3. The Balaban J connectivity index is 2.09. The van der Waals surface area contributed by atoms with E-state index in [4.69, 9.17) is 9.26 Å². The van der Waals surface area contributed by atoms with Crippen molar-refractivity contribution in [3.8, 4) is 22.4 Å². The summed E-state index contributed by atoms with van der Waals surface area (Å²) >= 11 is 0. The summed E-state index contributed by atoms with van der Waals surface area (Å²) < 4.78 is 9.98. The Morgan fingerprint density at radius 3 is 2.41 bits per heavy atom. The van der Waals surface area contributed by atoms with Crippen molar-refractivity contribution in [2.75, 3.05) is 7.11 Å². The number of benzene rings is 2. The number of esters is 1. The minimum absolute atomic E-state index is 0.368. The van der Waals surface area contributed by atoms with E-state index < -0.39 is 5.97 Å². The molecule has 0 atom stereocenters. The molecule has 0 radical (unpaired) electrons. The molecular weight excluding hydrogens is 278 g/mol. The van der Waals surface area contributed by atoms with Gasteiger partial charge in [0.25, 0.3) is 0 Å². The number of aryl methyl sites for hydroxylation is 1. The van der Waals surface area contributed by atoms with Crippen LogP contribution in [0.25, 0.3) is 22.4 Å². The maximum Gasteiger partial charge on any atom is 0.343 e. The second kappa shape index (κ2) is 5.85. The molecule has 2 aromatic carbocycles. The number of hydrogen-bond donors (Lipinski definition) is 0. The van der Waals surface area contributed by atoms with Gasteiger partial charge in [-0.3, -0.25) is 0 Å². The molecule has 1 heterocycles. The molecule has 1 aromatic heterocycles. The van der Waals surface area contributed by atoms with Gasteiger partial charge in [-0.05, 0) is 24.1 Å². The van der Waals surface area contributed by atoms with Gasteiger partial charge in [-0.2, -0.15) is 0 Å². The van der Waals surface area contributed by atoms with Gasteiger partial charge in [-0.15, -0.1) is 0 Å². The van der Waals surface area contributed by atoms with Crippen molar-refractivity contribution in [2.24, 2.45) is 0 Å². The minimum Gasteiger partial charge on any atom is -0.465 e. The fourth-order valence-electron chi connectivity index (χ4n) is 2.39. The van der Waals surface area contributed by atoms with Gasteiger partial charge in [0.1, 0.15) is 17.0 Å². The summed E-state index contributed by atoms with van der Waals surface area (Å²) in [7, 11) is 1.35. The summed E-state index contributed by atoms with van der Waals surface area (Å²) in [5.41, 5.74) is 3.84. The molecule has 4 heteroatoms. The second-order valence-corrected chi connectivity index (χ2v) is 4.90. The average molecular weight is 293 g/mol. The molecule has 0 aliphatic rings. The van der Waals surface area contributed by atoms with Gasteiger partial charge in [0, 0.05) is 5.56 Å². The minimum atomic E-state index is -0.445. The molecule has 110 valence electrons. The highest BCUT2D eigenvalue weighted by Crippen LogP contribution is 2.29. The van der Waals surface area contributed by atoms with Crippen LogP contribution in [0, 0.1) is 6.92 Å². The quantitative estimate of drug-likeness (QED) is 0.682. The molecule has 0 fully saturated rings. The van der Waals surface area contributed by atoms with E-state index in [1.165, 1.54) is 7.11 Å². The molecule has 0 aliphatic carbocycles. The van der Waals surface area contributed by atoms with Crippen LogP contribution in [0.3, 0.4) is 0 Å². The van der Waals surface area contributed by atoms with Crippen LogP contribution in [0.15, 0.2) is 59.1 Å². The fraction of sp³-hybridized carbons (Fsp3) is 0.111. The first-order valence-electron chi connectivity index (χ1n) is 6.91. The molecule has 0 aliphatic heterocycles. The van der Waals surface area contributed by atoms with Crippen molar-refractivity contribution >= 4 is 5.97 Å². The molecular formula is C18H15NO3. The molecule has 3 rings (SSSR count). The van der Waals surface area contributed by atoms with Crippen LogP contribution in [0.5, 0.6) is 0 Å². The van der Waals surface area contributed by atoms with Crippen LogP contribution in [-0.4, -0.2) is 18.2 Å². The normalized spacial score (nSPS) is 10.5. The number of hydrogen-bond acceptors (Lipinski definition) is 4. The van der Waals surface area contributed by atoms with Crippen molar-refractivity contribution in [1.29, 1.82) is 0 Å². The molecule has 4 nitrogen and oxygen atoms in total. The lowest BCUT2D eigenvalue weighted by Gasteiger charge is -2.05. The zero-order valence-electron chi connectivity index (χ0n) is 12.4. The zero-order chi connectivity index (χ0) is 15.5. The molecule has 0 bridgehead atoms. The van der Waals surface area contributed by atoms with Gasteiger partial charge in [-0.25, -0.2) is 4.79 Å². The van der Waals surface area contributed by atoms with Crippen molar-refractivity contribution in [1.82, 2.24) is 5.16 Å². The summed E-state index contributed by atoms with van der Waals surface area (Å²) in [5.74, 6) is 0.00540. The number of carbonyl (C=O) groups is 1. The molecule has 0 saturated carbocycles. The average Bonchev–Trinajstić information content (AvgIpc) is 2.97. The van der Waals surface area contributed by atoms with E-state index >= 15 is 0 Å². The van der Waals surface area contributed by atoms with Crippen LogP contribution in [-0.2, 0) is 4.74 Å². The topological polar surface area (TPSA) is 52.3 Å². The Bertz CT molecular complexity index is 806. The van der Waals surface area contributed by atoms with Crippen molar-refractivity contribution in [3.63, 3.8) is 0 Å². The lowest BCUT2D eigenvalue weighted by molar-refractivity contribution is 0.0599. The predicted molar refractivity (Wildman–Crippen MR) is 83.5 cm³/mol. The molecule has 0 N–H and O–H groups in total. The number of rotatable bonds is 3. The maximum absolute atomic E-state index is 11.9. The lowest BCUT2D eigenvalue weighted by Crippen LogP contribution is -2.03. The van der Waals surface area contributed by atoms with E-state index in [2.05, 4.69) is 5.16 Å². The molecule has 3 aromatic rings. The Kier molecular flexibility index (Phi) is 3.74. The van der Waals surface area contributed by atoms with Gasteiger partial charge in [0.05, 0.1) is 7.11 Å². The summed E-state index contributed by atoms with van der Waals surface area (Å²) in [4.78, 5) is 11.9. The van der Waals surface area contributed by atoms with Crippen molar-refractivity contribution in [3.05, 3.63) is 65.9 Å². The zero-order valence-corrected chi connectivity index (χ0v) is 12.4. The Morgan fingerprint density at radius 1 is 1.00 bits per heavy atom. The summed E-state index contributed by atoms with van der Waals surface area (Å²) in [6, 6.07) is 17.9. The van der Waals surface area contributed by atoms with Crippen LogP contribution < -0.4 is 0 Å². The smallest absolute Gasteiger partial charge is 0.343 e. The van der Waals surface area contributed by atoms with Crippen molar-refractivity contribution in [2.45, 2.75) is 6.92 Å². The molecule has 0 amide bonds. The fourth-order valence-corrected chi connectivity index (χ4v) is 2.39. The first kappa shape index (κ1) is 14.1. The van der Waals surface area contributed by atoms with Crippen LogP contribution in [0.4, 0.5) is 0 Å². The van der Waals surface area contributed by atoms with E-state index in [0.29, 0.717) is 17.0 Å². The van der Waals surface area contributed by atoms with Crippen molar-refractivity contribution < 1.29 is 14.1 Å². The first-order valence-corrected chi connectivity index (χ1v) is 6.91. The van der Waals surface area contributed by atoms with Crippen LogP contribution in [0.2, 0.25) is 0 Å². The van der Waals surface area contributed by atoms with E-state index in [0.717, 1.165) is 16.7 Å². The lowest BCUT2D eigenvalue weighted by atomic mass is 10.00. The number of carbonyl (C=O) groups excluding carboxylic acids is 1. The summed E-state index contributed by atoms with van der Waals surface area (Å²) in [5, 5.41) is 4.01. The second-order valence-electron chi connectivity index (χ2n) is 4.90. The SMILES string of the molecule is COC(=O)c1c(-c2cccc(-c3ccccc3)c2)noc1C. The first-order chi connectivity index (χ1) is 10.7. The Morgan fingerprint density at radius 2 is 1.68 bits per heavy atom. The predicted octanol–water partition coefficient (Wildman–Crippen LogP) is 4.10. The molecule has 0 spiro atoms. The molecule has 22 heavy (non-hydrogen) atoms. The van der Waals surface area contributed by atoms with Gasteiger partial charge in [-0.1, -0.05) is 53.7 Å². The summed E-state index contributed by atoms with van der Waals surface area (Å²) in [6.45, 7) is 1.70. The number of ether oxygens (including phenoxy) is 1. The number of nitrogens with zero attached hydrogens (tertiary/aromatic N) is 1. The van der Waals surface area contributed by atoms with Crippen LogP contribution in [0.1, 0.15) is 16.1 Å². The third-order valence-electron chi connectivity index (χ3n) is 3.50. The van der Waals surface area contributed by atoms with E-state index in [-0.39, 0.29) is 0 Å². The van der Waals surface area contributed by atoms with Gasteiger partial charge < -0.3 is 9.26 Å². The van der Waals surface area contributed by atoms with E-state index in [1.807, 2.05) is 54.6 Å². The van der Waals surface area contributed by atoms with Gasteiger partial charge in [0.2, 0.25) is 0 Å². The summed E-state index contributed by atoms with van der Waals surface area (Å²) in [6.07, 6.45) is 0. The highest BCUT2D eigenvalue weighted by atomic mass is 16.5. The van der Waals surface area contributed by atoms with E-state index in [9.17, 15) is 4.79 Å². The number of aromatic nitrogens is 1. The third kappa shape index (κ3) is 2.51.